The highest BCUT2D eigenvalue weighted by atomic mass is 16.4. The van der Waals surface area contributed by atoms with Crippen LogP contribution in [0.3, 0.4) is 0 Å². The van der Waals surface area contributed by atoms with Crippen molar-refractivity contribution >= 4 is 12.0 Å². The maximum absolute atomic E-state index is 11.8. The number of benzene rings is 1. The third kappa shape index (κ3) is 6.29. The van der Waals surface area contributed by atoms with Crippen molar-refractivity contribution in [2.24, 2.45) is 11.8 Å². The quantitative estimate of drug-likeness (QED) is 0.721. The molecule has 1 aromatic carbocycles. The van der Waals surface area contributed by atoms with Crippen LogP contribution in [-0.4, -0.2) is 29.7 Å². The lowest BCUT2D eigenvalue weighted by Crippen LogP contribution is -2.48. The summed E-state index contributed by atoms with van der Waals surface area (Å²) in [4.78, 5) is 23.0. The topological polar surface area (TPSA) is 78.4 Å². The molecule has 21 heavy (non-hydrogen) atoms. The Morgan fingerprint density at radius 1 is 1.14 bits per heavy atom. The van der Waals surface area contributed by atoms with Gasteiger partial charge in [-0.25, -0.2) is 9.59 Å². The Kier molecular flexibility index (Phi) is 6.72. The van der Waals surface area contributed by atoms with Crippen LogP contribution in [0.15, 0.2) is 30.3 Å². The van der Waals surface area contributed by atoms with E-state index in [0.717, 1.165) is 5.56 Å². The molecule has 0 bridgehead atoms. The largest absolute Gasteiger partial charge is 0.480 e. The standard InChI is InChI=1S/C16H24N2O3/c1-11(2)12(3)10-17-16(21)18-14(15(19)20)9-13-7-5-4-6-8-13/h4-8,11-12,14H,9-10H2,1-3H3,(H,19,20)(H2,17,18,21). The molecule has 1 rings (SSSR count). The monoisotopic (exact) mass is 292 g/mol. The van der Waals surface area contributed by atoms with Crippen LogP contribution in [0, 0.1) is 11.8 Å². The number of aliphatic carboxylic acids is 1. The normalized spacial score (nSPS) is 13.5. The lowest BCUT2D eigenvalue weighted by Gasteiger charge is -2.19. The molecular formula is C16H24N2O3. The van der Waals surface area contributed by atoms with Crippen molar-refractivity contribution in [1.29, 1.82) is 0 Å². The summed E-state index contributed by atoms with van der Waals surface area (Å²) in [5.41, 5.74) is 0.876. The summed E-state index contributed by atoms with van der Waals surface area (Å²) in [6.07, 6.45) is 0.267. The molecule has 3 N–H and O–H groups in total. The van der Waals surface area contributed by atoms with Crippen LogP contribution in [0.4, 0.5) is 4.79 Å². The van der Waals surface area contributed by atoms with Crippen LogP contribution in [-0.2, 0) is 11.2 Å². The second-order valence-electron chi connectivity index (χ2n) is 5.66. The lowest BCUT2D eigenvalue weighted by atomic mass is 9.98. The molecule has 5 heteroatoms. The van der Waals surface area contributed by atoms with Gasteiger partial charge in [0.2, 0.25) is 0 Å². The van der Waals surface area contributed by atoms with Gasteiger partial charge in [0.25, 0.3) is 0 Å². The average molecular weight is 292 g/mol. The molecule has 0 fully saturated rings. The summed E-state index contributed by atoms with van der Waals surface area (Å²) in [7, 11) is 0. The van der Waals surface area contributed by atoms with E-state index in [-0.39, 0.29) is 6.42 Å². The van der Waals surface area contributed by atoms with Crippen molar-refractivity contribution in [3.63, 3.8) is 0 Å². The Bertz CT molecular complexity index is 460. The van der Waals surface area contributed by atoms with E-state index in [1.54, 1.807) is 0 Å². The fourth-order valence-corrected chi connectivity index (χ4v) is 1.75. The molecular weight excluding hydrogens is 268 g/mol. The van der Waals surface area contributed by atoms with E-state index in [9.17, 15) is 14.7 Å². The number of carbonyl (C=O) groups is 2. The molecule has 2 amide bonds. The van der Waals surface area contributed by atoms with Crippen LogP contribution in [0.2, 0.25) is 0 Å². The molecule has 0 spiro atoms. The maximum Gasteiger partial charge on any atom is 0.326 e. The van der Waals surface area contributed by atoms with Crippen molar-refractivity contribution in [2.45, 2.75) is 33.2 Å². The highest BCUT2D eigenvalue weighted by molar-refractivity contribution is 5.82. The Morgan fingerprint density at radius 2 is 1.76 bits per heavy atom. The van der Waals surface area contributed by atoms with E-state index in [0.29, 0.717) is 18.4 Å². The van der Waals surface area contributed by atoms with E-state index in [1.807, 2.05) is 37.3 Å². The Hall–Kier alpha value is -2.04. The number of carboxylic acids is 1. The minimum atomic E-state index is -1.04. The molecule has 0 aliphatic carbocycles. The number of hydrogen-bond donors (Lipinski definition) is 3. The number of amides is 2. The van der Waals surface area contributed by atoms with Gasteiger partial charge in [-0.3, -0.25) is 0 Å². The van der Waals surface area contributed by atoms with Crippen LogP contribution < -0.4 is 10.6 Å². The summed E-state index contributed by atoms with van der Waals surface area (Å²) >= 11 is 0. The van der Waals surface area contributed by atoms with Gasteiger partial charge in [0.1, 0.15) is 6.04 Å². The molecule has 0 aliphatic heterocycles. The average Bonchev–Trinajstić information content (AvgIpc) is 2.44. The van der Waals surface area contributed by atoms with E-state index in [1.165, 1.54) is 0 Å². The summed E-state index contributed by atoms with van der Waals surface area (Å²) in [6.45, 7) is 6.74. The molecule has 0 aliphatic rings. The van der Waals surface area contributed by atoms with Gasteiger partial charge in [-0.1, -0.05) is 51.1 Å². The second-order valence-corrected chi connectivity index (χ2v) is 5.66. The molecule has 0 aromatic heterocycles. The van der Waals surface area contributed by atoms with Gasteiger partial charge < -0.3 is 15.7 Å². The van der Waals surface area contributed by atoms with Gasteiger partial charge in [0.05, 0.1) is 0 Å². The van der Waals surface area contributed by atoms with Crippen LogP contribution in [0.1, 0.15) is 26.3 Å². The van der Waals surface area contributed by atoms with E-state index < -0.39 is 18.0 Å². The first-order valence-electron chi connectivity index (χ1n) is 7.21. The van der Waals surface area contributed by atoms with Crippen LogP contribution in [0.5, 0.6) is 0 Å². The van der Waals surface area contributed by atoms with Crippen molar-refractivity contribution in [3.05, 3.63) is 35.9 Å². The predicted molar refractivity (Wildman–Crippen MR) is 82.1 cm³/mol. The molecule has 0 heterocycles. The Balaban J connectivity index is 2.51. The van der Waals surface area contributed by atoms with Gasteiger partial charge in [0, 0.05) is 13.0 Å². The van der Waals surface area contributed by atoms with Crippen LogP contribution in [0.25, 0.3) is 0 Å². The van der Waals surface area contributed by atoms with Crippen molar-refractivity contribution in [2.75, 3.05) is 6.54 Å². The zero-order valence-corrected chi connectivity index (χ0v) is 12.8. The smallest absolute Gasteiger partial charge is 0.326 e. The van der Waals surface area contributed by atoms with E-state index in [2.05, 4.69) is 24.5 Å². The highest BCUT2D eigenvalue weighted by Crippen LogP contribution is 2.07. The van der Waals surface area contributed by atoms with Gasteiger partial charge in [-0.15, -0.1) is 0 Å². The number of carboxylic acid groups (broad SMARTS) is 1. The summed E-state index contributed by atoms with van der Waals surface area (Å²) in [6, 6.07) is 7.88. The van der Waals surface area contributed by atoms with Gasteiger partial charge >= 0.3 is 12.0 Å². The van der Waals surface area contributed by atoms with Crippen LogP contribution >= 0.6 is 0 Å². The number of nitrogens with one attached hydrogen (secondary N) is 2. The van der Waals surface area contributed by atoms with Crippen molar-refractivity contribution in [3.8, 4) is 0 Å². The number of hydrogen-bond acceptors (Lipinski definition) is 2. The SMILES string of the molecule is CC(C)C(C)CNC(=O)NC(Cc1ccccc1)C(=O)O. The number of carbonyl (C=O) groups excluding carboxylic acids is 1. The third-order valence-electron chi connectivity index (χ3n) is 3.61. The molecule has 0 radical (unpaired) electrons. The molecule has 0 saturated heterocycles. The second kappa shape index (κ2) is 8.29. The first-order valence-corrected chi connectivity index (χ1v) is 7.21. The summed E-state index contributed by atoms with van der Waals surface area (Å²) in [5, 5.41) is 14.4. The zero-order chi connectivity index (χ0) is 15.8. The molecule has 5 nitrogen and oxygen atoms in total. The number of rotatable bonds is 7. The minimum Gasteiger partial charge on any atom is -0.480 e. The summed E-state index contributed by atoms with van der Waals surface area (Å²) < 4.78 is 0. The zero-order valence-electron chi connectivity index (χ0n) is 12.8. The molecule has 2 atom stereocenters. The predicted octanol–water partition coefficient (Wildman–Crippen LogP) is 2.27. The summed E-state index contributed by atoms with van der Waals surface area (Å²) in [5.74, 6) is -0.232. The molecule has 116 valence electrons. The minimum absolute atomic E-state index is 0.267. The van der Waals surface area contributed by atoms with Crippen molar-refractivity contribution in [1.82, 2.24) is 10.6 Å². The first-order chi connectivity index (χ1) is 9.90. The Labute approximate surface area is 125 Å². The van der Waals surface area contributed by atoms with Gasteiger partial charge in [-0.2, -0.15) is 0 Å². The maximum atomic E-state index is 11.8. The lowest BCUT2D eigenvalue weighted by molar-refractivity contribution is -0.139. The van der Waals surface area contributed by atoms with E-state index >= 15 is 0 Å². The molecule has 2 unspecified atom stereocenters. The fourth-order valence-electron chi connectivity index (χ4n) is 1.75. The molecule has 0 saturated carbocycles. The van der Waals surface area contributed by atoms with Gasteiger partial charge in [-0.05, 0) is 17.4 Å². The van der Waals surface area contributed by atoms with Gasteiger partial charge in [0.15, 0.2) is 0 Å². The van der Waals surface area contributed by atoms with Crippen molar-refractivity contribution < 1.29 is 14.7 Å². The fraction of sp³-hybridized carbons (Fsp3) is 0.500. The molecule has 1 aromatic rings. The number of urea groups is 1. The highest BCUT2D eigenvalue weighted by Gasteiger charge is 2.20. The van der Waals surface area contributed by atoms with E-state index in [4.69, 9.17) is 0 Å². The Morgan fingerprint density at radius 3 is 2.29 bits per heavy atom. The third-order valence-corrected chi connectivity index (χ3v) is 3.61. The first kappa shape index (κ1) is 17.0.